The Morgan fingerprint density at radius 2 is 1.75 bits per heavy atom. The summed E-state index contributed by atoms with van der Waals surface area (Å²) in [5, 5.41) is 12.2. The van der Waals surface area contributed by atoms with Gasteiger partial charge in [-0.05, 0) is 29.8 Å². The number of aliphatic carboxylic acids is 1. The van der Waals surface area contributed by atoms with Crippen LogP contribution < -0.4 is 10.1 Å². The summed E-state index contributed by atoms with van der Waals surface area (Å²) in [7, 11) is 0. The highest BCUT2D eigenvalue weighted by atomic mass is 16.5. The van der Waals surface area contributed by atoms with Gasteiger partial charge in [0.15, 0.2) is 0 Å². The third kappa shape index (κ3) is 5.80. The smallest absolute Gasteiger partial charge is 0.321 e. The van der Waals surface area contributed by atoms with Crippen molar-refractivity contribution in [2.45, 2.75) is 19.1 Å². The zero-order valence-corrected chi connectivity index (χ0v) is 15.5. The highest BCUT2D eigenvalue weighted by Crippen LogP contribution is 2.18. The maximum absolute atomic E-state index is 12.3. The molecular weight excluding hydrogens is 360 g/mol. The van der Waals surface area contributed by atoms with Gasteiger partial charge in [-0.1, -0.05) is 30.3 Å². The van der Waals surface area contributed by atoms with Crippen LogP contribution in [0.15, 0.2) is 54.6 Å². The summed E-state index contributed by atoms with van der Waals surface area (Å²) < 4.78 is 11.0. The Hall–Kier alpha value is -2.90. The van der Waals surface area contributed by atoms with Crippen LogP contribution in [0.4, 0.5) is 5.69 Å². The molecule has 1 atom stereocenters. The van der Waals surface area contributed by atoms with E-state index in [2.05, 4.69) is 5.32 Å². The minimum Gasteiger partial charge on any atom is -0.489 e. The first-order chi connectivity index (χ1) is 13.6. The van der Waals surface area contributed by atoms with Crippen molar-refractivity contribution in [3.8, 4) is 5.75 Å². The first-order valence-electron chi connectivity index (χ1n) is 9.23. The average molecular weight is 384 g/mol. The van der Waals surface area contributed by atoms with Gasteiger partial charge in [-0.3, -0.25) is 14.5 Å². The topological polar surface area (TPSA) is 88.1 Å². The number of ether oxygens (including phenoxy) is 2. The maximum atomic E-state index is 12.3. The standard InChI is InChI=1S/C21H24N2O5/c24-20(14-19(21(25)26)23-10-12-27-13-11-23)22-17-6-8-18(9-7-17)28-15-16-4-2-1-3-5-16/h1-9,19H,10-15H2,(H,22,24)(H,25,26). The number of anilines is 1. The summed E-state index contributed by atoms with van der Waals surface area (Å²) in [6.07, 6.45) is -0.110. The fourth-order valence-corrected chi connectivity index (χ4v) is 3.02. The molecule has 148 valence electrons. The van der Waals surface area contributed by atoms with Gasteiger partial charge in [0.1, 0.15) is 18.4 Å². The van der Waals surface area contributed by atoms with Gasteiger partial charge in [0.2, 0.25) is 5.91 Å². The van der Waals surface area contributed by atoms with Gasteiger partial charge in [-0.2, -0.15) is 0 Å². The van der Waals surface area contributed by atoms with Gasteiger partial charge in [0, 0.05) is 18.8 Å². The van der Waals surface area contributed by atoms with Crippen molar-refractivity contribution in [1.82, 2.24) is 4.90 Å². The third-order valence-electron chi connectivity index (χ3n) is 4.54. The average Bonchev–Trinajstić information content (AvgIpc) is 2.73. The summed E-state index contributed by atoms with van der Waals surface area (Å²) in [5.74, 6) is -0.642. The number of amides is 1. The number of benzene rings is 2. The molecule has 3 rings (SSSR count). The van der Waals surface area contributed by atoms with Gasteiger partial charge in [-0.25, -0.2) is 0 Å². The molecule has 28 heavy (non-hydrogen) atoms. The Morgan fingerprint density at radius 3 is 2.39 bits per heavy atom. The summed E-state index contributed by atoms with van der Waals surface area (Å²) in [4.78, 5) is 25.6. The monoisotopic (exact) mass is 384 g/mol. The van der Waals surface area contributed by atoms with Crippen molar-refractivity contribution in [2.24, 2.45) is 0 Å². The third-order valence-corrected chi connectivity index (χ3v) is 4.54. The molecule has 1 amide bonds. The van der Waals surface area contributed by atoms with E-state index in [0.29, 0.717) is 44.3 Å². The minimum absolute atomic E-state index is 0.110. The second-order valence-electron chi connectivity index (χ2n) is 6.55. The van der Waals surface area contributed by atoms with Crippen molar-refractivity contribution in [2.75, 3.05) is 31.6 Å². The lowest BCUT2D eigenvalue weighted by Crippen LogP contribution is -2.48. The van der Waals surface area contributed by atoms with E-state index in [9.17, 15) is 14.7 Å². The Balaban J connectivity index is 1.51. The van der Waals surface area contributed by atoms with Crippen molar-refractivity contribution >= 4 is 17.6 Å². The lowest BCUT2D eigenvalue weighted by Gasteiger charge is -2.31. The molecule has 1 aliphatic heterocycles. The van der Waals surface area contributed by atoms with E-state index in [4.69, 9.17) is 9.47 Å². The molecule has 0 radical (unpaired) electrons. The molecule has 7 nitrogen and oxygen atoms in total. The SMILES string of the molecule is O=C(CC(C(=O)O)N1CCOCC1)Nc1ccc(OCc2ccccc2)cc1. The van der Waals surface area contributed by atoms with E-state index >= 15 is 0 Å². The molecule has 0 spiro atoms. The van der Waals surface area contributed by atoms with Crippen LogP contribution in [0, 0.1) is 0 Å². The number of rotatable bonds is 8. The molecule has 2 N–H and O–H groups in total. The quantitative estimate of drug-likeness (QED) is 0.727. The first kappa shape index (κ1) is 19.9. The second kappa shape index (κ2) is 9.87. The van der Waals surface area contributed by atoms with Crippen molar-refractivity contribution < 1.29 is 24.2 Å². The molecule has 1 heterocycles. The Labute approximate surface area is 163 Å². The highest BCUT2D eigenvalue weighted by molar-refractivity contribution is 5.94. The van der Waals surface area contributed by atoms with E-state index in [0.717, 1.165) is 5.56 Å². The van der Waals surface area contributed by atoms with Crippen molar-refractivity contribution in [1.29, 1.82) is 0 Å². The maximum Gasteiger partial charge on any atom is 0.321 e. The van der Waals surface area contributed by atoms with Gasteiger partial charge in [0.25, 0.3) is 0 Å². The lowest BCUT2D eigenvalue weighted by atomic mass is 10.1. The minimum atomic E-state index is -0.998. The fraction of sp³-hybridized carbons (Fsp3) is 0.333. The van der Waals surface area contributed by atoms with Crippen LogP contribution in [0.5, 0.6) is 5.75 Å². The predicted molar refractivity (Wildman–Crippen MR) is 104 cm³/mol. The van der Waals surface area contributed by atoms with Crippen LogP contribution >= 0.6 is 0 Å². The van der Waals surface area contributed by atoms with E-state index < -0.39 is 12.0 Å². The van der Waals surface area contributed by atoms with Crippen LogP contribution in [0.3, 0.4) is 0 Å². The molecule has 0 aromatic heterocycles. The summed E-state index contributed by atoms with van der Waals surface area (Å²) in [6, 6.07) is 16.0. The van der Waals surface area contributed by atoms with Crippen molar-refractivity contribution in [3.63, 3.8) is 0 Å². The number of nitrogens with one attached hydrogen (secondary N) is 1. The number of carbonyl (C=O) groups is 2. The second-order valence-corrected chi connectivity index (χ2v) is 6.55. The number of hydrogen-bond donors (Lipinski definition) is 2. The number of carboxylic acid groups (broad SMARTS) is 1. The largest absolute Gasteiger partial charge is 0.489 e. The molecule has 1 unspecified atom stereocenters. The highest BCUT2D eigenvalue weighted by Gasteiger charge is 2.29. The molecule has 2 aromatic rings. The van der Waals surface area contributed by atoms with Gasteiger partial charge in [-0.15, -0.1) is 0 Å². The number of morpholine rings is 1. The van der Waals surface area contributed by atoms with E-state index in [1.54, 1.807) is 29.2 Å². The van der Waals surface area contributed by atoms with Crippen molar-refractivity contribution in [3.05, 3.63) is 60.2 Å². The Kier molecular flexibility index (Phi) is 7.00. The van der Waals surface area contributed by atoms with Crippen LogP contribution in [0.25, 0.3) is 0 Å². The molecule has 7 heteroatoms. The Morgan fingerprint density at radius 1 is 1.07 bits per heavy atom. The van der Waals surface area contributed by atoms with Crippen LogP contribution in [-0.2, 0) is 20.9 Å². The Bertz CT molecular complexity index is 773. The molecule has 1 fully saturated rings. The van der Waals surface area contributed by atoms with Gasteiger partial charge >= 0.3 is 5.97 Å². The van der Waals surface area contributed by atoms with E-state index in [1.165, 1.54) is 0 Å². The van der Waals surface area contributed by atoms with E-state index in [-0.39, 0.29) is 12.3 Å². The molecule has 1 saturated heterocycles. The molecule has 0 aliphatic carbocycles. The normalized spacial score (nSPS) is 15.6. The van der Waals surface area contributed by atoms with E-state index in [1.807, 2.05) is 30.3 Å². The summed E-state index contributed by atoms with van der Waals surface area (Å²) in [6.45, 7) is 2.45. The van der Waals surface area contributed by atoms with Crippen LogP contribution in [-0.4, -0.2) is 54.2 Å². The molecular formula is C21H24N2O5. The van der Waals surface area contributed by atoms with Gasteiger partial charge in [0.05, 0.1) is 19.6 Å². The number of carbonyl (C=O) groups excluding carboxylic acids is 1. The number of nitrogens with zero attached hydrogens (tertiary/aromatic N) is 1. The number of hydrogen-bond acceptors (Lipinski definition) is 5. The zero-order chi connectivity index (χ0) is 19.8. The molecule has 1 aliphatic rings. The van der Waals surface area contributed by atoms with Gasteiger partial charge < -0.3 is 19.9 Å². The summed E-state index contributed by atoms with van der Waals surface area (Å²) >= 11 is 0. The zero-order valence-electron chi connectivity index (χ0n) is 15.5. The van der Waals surface area contributed by atoms with Crippen LogP contribution in [0.2, 0.25) is 0 Å². The van der Waals surface area contributed by atoms with Crippen LogP contribution in [0.1, 0.15) is 12.0 Å². The molecule has 0 saturated carbocycles. The molecule has 2 aromatic carbocycles. The summed E-state index contributed by atoms with van der Waals surface area (Å²) in [5.41, 5.74) is 1.67. The number of carboxylic acids is 1. The predicted octanol–water partition coefficient (Wildman–Crippen LogP) is 2.38. The molecule has 0 bridgehead atoms. The fourth-order valence-electron chi connectivity index (χ4n) is 3.02. The lowest BCUT2D eigenvalue weighted by molar-refractivity contribution is -0.147. The first-order valence-corrected chi connectivity index (χ1v) is 9.23.